The fraction of sp³-hybridized carbons (Fsp3) is 0. The minimum Gasteiger partial charge on any atom is -0.456 e. The lowest BCUT2D eigenvalue weighted by molar-refractivity contribution is 0.620. The van der Waals surface area contributed by atoms with Gasteiger partial charge in [0.2, 0.25) is 5.89 Å². The number of furan rings is 1. The van der Waals surface area contributed by atoms with Crippen molar-refractivity contribution in [2.45, 2.75) is 0 Å². The summed E-state index contributed by atoms with van der Waals surface area (Å²) in [5.41, 5.74) is 6.90. The van der Waals surface area contributed by atoms with Gasteiger partial charge in [-0.25, -0.2) is 19.9 Å². The standard InChI is InChI=1S/C48H26N4O2S/c1-2-10-29(11-3-1)48-49-44-38(54-48)22-24-40-43(44)42-35-26-32(20-18-28(35)21-23-39(42)55-40)46-50-45(31-19-17-27-9-4-5-12-30(27)25-31)51-47(52-46)34-14-8-16-37-41(34)33-13-6-7-15-36(33)53-37/h1-26H. The Kier molecular flexibility index (Phi) is 6.40. The highest BCUT2D eigenvalue weighted by Gasteiger charge is 2.20. The largest absolute Gasteiger partial charge is 0.456 e. The van der Waals surface area contributed by atoms with Gasteiger partial charge < -0.3 is 8.83 Å². The molecule has 0 saturated heterocycles. The number of rotatable bonds is 4. The van der Waals surface area contributed by atoms with Crippen LogP contribution in [0.3, 0.4) is 0 Å². The number of oxazole rings is 1. The average molecular weight is 723 g/mol. The van der Waals surface area contributed by atoms with Gasteiger partial charge in [0, 0.05) is 53.2 Å². The normalized spacial score (nSPS) is 12.0. The number of aromatic nitrogens is 4. The highest BCUT2D eigenvalue weighted by atomic mass is 32.1. The fourth-order valence-corrected chi connectivity index (χ4v) is 9.07. The maximum Gasteiger partial charge on any atom is 0.227 e. The van der Waals surface area contributed by atoms with E-state index >= 15 is 0 Å². The van der Waals surface area contributed by atoms with E-state index in [1.54, 1.807) is 11.3 Å². The average Bonchev–Trinajstić information content (AvgIpc) is 3.97. The zero-order valence-electron chi connectivity index (χ0n) is 29.0. The van der Waals surface area contributed by atoms with Gasteiger partial charge in [-0.2, -0.15) is 0 Å². The molecule has 12 aromatic rings. The van der Waals surface area contributed by atoms with Crippen molar-refractivity contribution < 1.29 is 8.83 Å². The van der Waals surface area contributed by atoms with Crippen LogP contribution in [0.25, 0.3) is 120 Å². The molecule has 0 aliphatic rings. The van der Waals surface area contributed by atoms with Crippen molar-refractivity contribution in [3.05, 3.63) is 158 Å². The lowest BCUT2D eigenvalue weighted by Gasteiger charge is -2.11. The Balaban J connectivity index is 1.11. The summed E-state index contributed by atoms with van der Waals surface area (Å²) >= 11 is 1.77. The molecule has 256 valence electrons. The van der Waals surface area contributed by atoms with E-state index in [1.165, 1.54) is 4.70 Å². The zero-order chi connectivity index (χ0) is 36.0. The summed E-state index contributed by atoms with van der Waals surface area (Å²) in [7, 11) is 0. The van der Waals surface area contributed by atoms with E-state index in [-0.39, 0.29) is 0 Å². The van der Waals surface area contributed by atoms with Gasteiger partial charge in [-0.1, -0.05) is 103 Å². The second-order valence-corrected chi connectivity index (χ2v) is 14.9. The smallest absolute Gasteiger partial charge is 0.227 e. The molecule has 0 amide bonds. The van der Waals surface area contributed by atoms with E-state index in [0.29, 0.717) is 23.4 Å². The summed E-state index contributed by atoms with van der Waals surface area (Å²) in [6, 6.07) is 54.0. The number of benzene rings is 8. The van der Waals surface area contributed by atoms with Crippen molar-refractivity contribution in [3.8, 4) is 45.6 Å². The summed E-state index contributed by atoms with van der Waals surface area (Å²) in [4.78, 5) is 20.7. The topological polar surface area (TPSA) is 77.8 Å². The van der Waals surface area contributed by atoms with Gasteiger partial charge in [-0.3, -0.25) is 0 Å². The highest BCUT2D eigenvalue weighted by Crippen LogP contribution is 2.44. The van der Waals surface area contributed by atoms with Gasteiger partial charge in [-0.05, 0) is 76.1 Å². The van der Waals surface area contributed by atoms with E-state index in [2.05, 4.69) is 91.0 Å². The third-order valence-electron chi connectivity index (χ3n) is 10.5. The lowest BCUT2D eigenvalue weighted by Crippen LogP contribution is -2.00. The van der Waals surface area contributed by atoms with Crippen LogP contribution in [-0.4, -0.2) is 19.9 Å². The number of nitrogens with zero attached hydrogens (tertiary/aromatic N) is 4. The van der Waals surface area contributed by atoms with Crippen molar-refractivity contribution in [1.82, 2.24) is 19.9 Å². The molecule has 7 heteroatoms. The van der Waals surface area contributed by atoms with E-state index in [4.69, 9.17) is 28.8 Å². The highest BCUT2D eigenvalue weighted by molar-refractivity contribution is 7.26. The fourth-order valence-electron chi connectivity index (χ4n) is 7.95. The molecule has 55 heavy (non-hydrogen) atoms. The van der Waals surface area contributed by atoms with Gasteiger partial charge in [0.05, 0.1) is 0 Å². The third-order valence-corrected chi connectivity index (χ3v) is 11.7. The van der Waals surface area contributed by atoms with Crippen LogP contribution in [0.4, 0.5) is 0 Å². The molecule has 12 rings (SSSR count). The number of para-hydroxylation sites is 1. The minimum absolute atomic E-state index is 0.586. The van der Waals surface area contributed by atoms with Crippen LogP contribution in [0.15, 0.2) is 167 Å². The predicted molar refractivity (Wildman–Crippen MR) is 224 cm³/mol. The quantitative estimate of drug-likeness (QED) is 0.180. The van der Waals surface area contributed by atoms with Crippen molar-refractivity contribution in [3.63, 3.8) is 0 Å². The van der Waals surface area contributed by atoms with Crippen LogP contribution in [0.2, 0.25) is 0 Å². The van der Waals surface area contributed by atoms with Crippen molar-refractivity contribution in [1.29, 1.82) is 0 Å². The second-order valence-electron chi connectivity index (χ2n) is 13.8. The molecule has 6 nitrogen and oxygen atoms in total. The zero-order valence-corrected chi connectivity index (χ0v) is 29.8. The third kappa shape index (κ3) is 4.73. The van der Waals surface area contributed by atoms with E-state index in [0.717, 1.165) is 92.3 Å². The summed E-state index contributed by atoms with van der Waals surface area (Å²) < 4.78 is 15.0. The van der Waals surface area contributed by atoms with Gasteiger partial charge >= 0.3 is 0 Å². The first-order valence-electron chi connectivity index (χ1n) is 18.1. The van der Waals surface area contributed by atoms with Crippen LogP contribution in [0, 0.1) is 0 Å². The molecule has 4 heterocycles. The summed E-state index contributed by atoms with van der Waals surface area (Å²) in [6.07, 6.45) is 0. The van der Waals surface area contributed by atoms with Gasteiger partial charge in [-0.15, -0.1) is 11.3 Å². The molecule has 0 radical (unpaired) electrons. The number of thiophene rings is 1. The Labute approximate surface area is 317 Å². The number of hydrogen-bond acceptors (Lipinski definition) is 7. The molecule has 4 aromatic heterocycles. The molecule has 8 aromatic carbocycles. The minimum atomic E-state index is 0.586. The van der Waals surface area contributed by atoms with Gasteiger partial charge in [0.15, 0.2) is 23.1 Å². The first-order valence-corrected chi connectivity index (χ1v) is 18.9. The molecule has 0 aliphatic carbocycles. The molecular weight excluding hydrogens is 697 g/mol. The lowest BCUT2D eigenvalue weighted by atomic mass is 10.0. The van der Waals surface area contributed by atoms with Crippen molar-refractivity contribution in [2.75, 3.05) is 0 Å². The molecule has 0 aliphatic heterocycles. The first kappa shape index (κ1) is 30.3. The summed E-state index contributed by atoms with van der Waals surface area (Å²) in [6.45, 7) is 0. The van der Waals surface area contributed by atoms with Crippen LogP contribution in [0.1, 0.15) is 0 Å². The van der Waals surface area contributed by atoms with E-state index in [9.17, 15) is 0 Å². The number of fused-ring (bicyclic) bond motifs is 11. The molecule has 0 atom stereocenters. The van der Waals surface area contributed by atoms with Crippen molar-refractivity contribution in [2.24, 2.45) is 0 Å². The molecule has 0 unspecified atom stereocenters. The molecule has 0 bridgehead atoms. The van der Waals surface area contributed by atoms with Crippen LogP contribution < -0.4 is 0 Å². The Bertz CT molecular complexity index is 3510. The predicted octanol–water partition coefficient (Wildman–Crippen LogP) is 13.3. The van der Waals surface area contributed by atoms with Crippen LogP contribution in [-0.2, 0) is 0 Å². The Morgan fingerprint density at radius 3 is 1.96 bits per heavy atom. The summed E-state index contributed by atoms with van der Waals surface area (Å²) in [5.74, 6) is 2.40. The number of hydrogen-bond donors (Lipinski definition) is 0. The molecule has 0 fully saturated rings. The SMILES string of the molecule is c1ccc(-c2nc3c(ccc4sc5ccc6ccc(-c7nc(-c8ccc9ccccc9c8)nc(-c8cccc9oc%10ccccc%10c89)n7)cc6c5c43)o2)cc1. The second kappa shape index (κ2) is 11.6. The maximum absolute atomic E-state index is 6.33. The van der Waals surface area contributed by atoms with Crippen LogP contribution >= 0.6 is 11.3 Å². The Morgan fingerprint density at radius 1 is 0.382 bits per heavy atom. The van der Waals surface area contributed by atoms with Crippen molar-refractivity contribution >= 4 is 86.1 Å². The summed E-state index contributed by atoms with van der Waals surface area (Å²) in [5, 5.41) is 8.76. The molecular formula is C48H26N4O2S. The Morgan fingerprint density at radius 2 is 1.07 bits per heavy atom. The molecule has 0 N–H and O–H groups in total. The first-order chi connectivity index (χ1) is 27.2. The van der Waals surface area contributed by atoms with Gasteiger partial charge in [0.1, 0.15) is 16.7 Å². The Hall–Kier alpha value is -7.22. The maximum atomic E-state index is 6.33. The monoisotopic (exact) mass is 722 g/mol. The van der Waals surface area contributed by atoms with E-state index in [1.807, 2.05) is 66.7 Å². The molecule has 0 spiro atoms. The van der Waals surface area contributed by atoms with Gasteiger partial charge in [0.25, 0.3) is 0 Å². The molecule has 0 saturated carbocycles. The van der Waals surface area contributed by atoms with Crippen LogP contribution in [0.5, 0.6) is 0 Å². The van der Waals surface area contributed by atoms with E-state index < -0.39 is 0 Å².